The average Bonchev–Trinajstić information content (AvgIpc) is 2.59. The highest BCUT2D eigenvalue weighted by Gasteiger charge is 2.05. The Balaban J connectivity index is 2.23. The number of sulfonamides is 1. The Morgan fingerprint density at radius 3 is 2.67 bits per heavy atom. The van der Waals surface area contributed by atoms with Crippen molar-refractivity contribution in [3.8, 4) is 0 Å². The van der Waals surface area contributed by atoms with Gasteiger partial charge in [0, 0.05) is 22.8 Å². The van der Waals surface area contributed by atoms with E-state index in [-0.39, 0.29) is 5.75 Å². The number of hydrogen-bond acceptors (Lipinski definition) is 4. The Morgan fingerprint density at radius 2 is 2.13 bits per heavy atom. The van der Waals surface area contributed by atoms with Gasteiger partial charge in [0.2, 0.25) is 10.0 Å². The van der Waals surface area contributed by atoms with E-state index in [1.54, 1.807) is 11.3 Å². The van der Waals surface area contributed by atoms with E-state index in [0.29, 0.717) is 6.54 Å². The second-order valence-electron chi connectivity index (χ2n) is 3.21. The molecule has 0 radical (unpaired) electrons. The third-order valence-corrected chi connectivity index (χ3v) is 4.32. The Kier molecular flexibility index (Phi) is 4.72. The van der Waals surface area contributed by atoms with Gasteiger partial charge >= 0.3 is 0 Å². The molecule has 0 spiro atoms. The maximum absolute atomic E-state index is 11.1. The third-order valence-electron chi connectivity index (χ3n) is 1.95. The summed E-state index contributed by atoms with van der Waals surface area (Å²) in [5.74, 6) is 0.119. The Labute approximate surface area is 94.8 Å². The third kappa shape index (κ3) is 4.74. The van der Waals surface area contributed by atoms with Crippen molar-refractivity contribution >= 4 is 21.4 Å². The van der Waals surface area contributed by atoms with E-state index in [0.717, 1.165) is 6.54 Å². The molecule has 0 bridgehead atoms. The van der Waals surface area contributed by atoms with E-state index in [2.05, 4.69) is 29.1 Å². The molecule has 0 fully saturated rings. The molecule has 0 saturated heterocycles. The van der Waals surface area contributed by atoms with Gasteiger partial charge in [0.25, 0.3) is 0 Å². The van der Waals surface area contributed by atoms with Crippen molar-refractivity contribution in [2.24, 2.45) is 0 Å². The van der Waals surface area contributed by atoms with Crippen LogP contribution in [0.3, 0.4) is 0 Å². The molecule has 2 N–H and O–H groups in total. The zero-order valence-corrected chi connectivity index (χ0v) is 10.5. The first-order valence-corrected chi connectivity index (χ1v) is 7.17. The van der Waals surface area contributed by atoms with Crippen molar-refractivity contribution in [3.05, 3.63) is 21.9 Å². The summed E-state index contributed by atoms with van der Waals surface area (Å²) in [6, 6.07) is 4.12. The van der Waals surface area contributed by atoms with E-state index in [1.807, 2.05) is 0 Å². The lowest BCUT2D eigenvalue weighted by atomic mass is 10.4. The minimum atomic E-state index is -3.08. The average molecular weight is 248 g/mol. The molecule has 0 aliphatic heterocycles. The molecule has 0 saturated carbocycles. The van der Waals surface area contributed by atoms with Gasteiger partial charge in [0.05, 0.1) is 5.75 Å². The molecule has 1 rings (SSSR count). The highest BCUT2D eigenvalue weighted by molar-refractivity contribution is 7.89. The zero-order valence-electron chi connectivity index (χ0n) is 8.91. The Morgan fingerprint density at radius 1 is 1.40 bits per heavy atom. The van der Waals surface area contributed by atoms with Gasteiger partial charge < -0.3 is 5.32 Å². The van der Waals surface area contributed by atoms with Crippen molar-refractivity contribution in [3.63, 3.8) is 0 Å². The van der Waals surface area contributed by atoms with Crippen LogP contribution < -0.4 is 10.0 Å². The zero-order chi connectivity index (χ0) is 11.3. The maximum atomic E-state index is 11.1. The van der Waals surface area contributed by atoms with Crippen LogP contribution in [0.1, 0.15) is 9.75 Å². The summed E-state index contributed by atoms with van der Waals surface area (Å²) in [6.45, 7) is 3.26. The minimum Gasteiger partial charge on any atom is -0.311 e. The summed E-state index contributed by atoms with van der Waals surface area (Å²) in [5, 5.41) is 3.10. The molecule has 0 aliphatic carbocycles. The lowest BCUT2D eigenvalue weighted by Gasteiger charge is -2.03. The fourth-order valence-electron chi connectivity index (χ4n) is 1.10. The molecule has 1 aromatic heterocycles. The predicted octanol–water partition coefficient (Wildman–Crippen LogP) is 0.695. The topological polar surface area (TPSA) is 58.2 Å². The summed E-state index contributed by atoms with van der Waals surface area (Å²) < 4.78 is 24.4. The molecule has 0 aliphatic rings. The lowest BCUT2D eigenvalue weighted by Crippen LogP contribution is -2.29. The van der Waals surface area contributed by atoms with Crippen molar-refractivity contribution in [1.29, 1.82) is 0 Å². The second-order valence-corrected chi connectivity index (χ2v) is 6.63. The molecule has 0 atom stereocenters. The van der Waals surface area contributed by atoms with Crippen molar-refractivity contribution in [2.75, 3.05) is 19.3 Å². The summed E-state index contributed by atoms with van der Waals surface area (Å²) in [5.41, 5.74) is 0. The van der Waals surface area contributed by atoms with Crippen LogP contribution in [0.25, 0.3) is 0 Å². The van der Waals surface area contributed by atoms with Gasteiger partial charge in [0.1, 0.15) is 0 Å². The van der Waals surface area contributed by atoms with Gasteiger partial charge in [-0.15, -0.1) is 11.3 Å². The normalized spacial score (nSPS) is 11.9. The van der Waals surface area contributed by atoms with Crippen molar-refractivity contribution in [2.45, 2.75) is 13.5 Å². The van der Waals surface area contributed by atoms with E-state index >= 15 is 0 Å². The molecule has 15 heavy (non-hydrogen) atoms. The summed E-state index contributed by atoms with van der Waals surface area (Å²) >= 11 is 1.72. The van der Waals surface area contributed by atoms with Crippen LogP contribution in [0.2, 0.25) is 0 Å². The van der Waals surface area contributed by atoms with Crippen molar-refractivity contribution < 1.29 is 8.42 Å². The summed E-state index contributed by atoms with van der Waals surface area (Å²) in [4.78, 5) is 2.50. The number of thiophene rings is 1. The predicted molar refractivity (Wildman–Crippen MR) is 63.6 cm³/mol. The number of hydrogen-bond donors (Lipinski definition) is 2. The van der Waals surface area contributed by atoms with Crippen LogP contribution in [-0.4, -0.2) is 27.8 Å². The number of aryl methyl sites for hydroxylation is 1. The Hall–Kier alpha value is -0.430. The van der Waals surface area contributed by atoms with Crippen LogP contribution >= 0.6 is 11.3 Å². The molecule has 0 aromatic carbocycles. The SMILES string of the molecule is CNS(=O)(=O)CCNCc1ccc(C)s1. The molecule has 86 valence electrons. The molecule has 0 amide bonds. The highest BCUT2D eigenvalue weighted by atomic mass is 32.2. The van der Waals surface area contributed by atoms with E-state index in [4.69, 9.17) is 0 Å². The van der Waals surface area contributed by atoms with Gasteiger partial charge in [0.15, 0.2) is 0 Å². The first kappa shape index (κ1) is 12.6. The molecule has 0 unspecified atom stereocenters. The first-order valence-electron chi connectivity index (χ1n) is 4.71. The van der Waals surface area contributed by atoms with E-state index < -0.39 is 10.0 Å². The monoisotopic (exact) mass is 248 g/mol. The second kappa shape index (κ2) is 5.60. The summed E-state index contributed by atoms with van der Waals surface area (Å²) in [6.07, 6.45) is 0. The first-order chi connectivity index (χ1) is 7.03. The largest absolute Gasteiger partial charge is 0.311 e. The molecule has 6 heteroatoms. The van der Waals surface area contributed by atoms with Gasteiger partial charge in [-0.2, -0.15) is 0 Å². The molecular weight excluding hydrogens is 232 g/mol. The minimum absolute atomic E-state index is 0.119. The standard InChI is InChI=1S/C9H16N2O2S2/c1-8-3-4-9(14-8)7-11-5-6-15(12,13)10-2/h3-4,10-11H,5-7H2,1-2H3. The van der Waals surface area contributed by atoms with Gasteiger partial charge in [-0.3, -0.25) is 0 Å². The van der Waals surface area contributed by atoms with Crippen LogP contribution in [0, 0.1) is 6.92 Å². The maximum Gasteiger partial charge on any atom is 0.212 e. The fraction of sp³-hybridized carbons (Fsp3) is 0.556. The number of rotatable bonds is 6. The summed E-state index contributed by atoms with van der Waals surface area (Å²) in [7, 11) is -1.65. The van der Waals surface area contributed by atoms with Gasteiger partial charge in [-0.1, -0.05) is 0 Å². The quantitative estimate of drug-likeness (QED) is 0.728. The van der Waals surface area contributed by atoms with E-state index in [1.165, 1.54) is 16.8 Å². The Bertz CT molecular complexity index is 398. The number of nitrogens with one attached hydrogen (secondary N) is 2. The van der Waals surface area contributed by atoms with Gasteiger partial charge in [-0.25, -0.2) is 13.1 Å². The molecule has 1 aromatic rings. The van der Waals surface area contributed by atoms with Gasteiger partial charge in [-0.05, 0) is 26.1 Å². The van der Waals surface area contributed by atoms with Crippen LogP contribution in [0.5, 0.6) is 0 Å². The van der Waals surface area contributed by atoms with Crippen molar-refractivity contribution in [1.82, 2.24) is 10.0 Å². The van der Waals surface area contributed by atoms with Crippen LogP contribution in [-0.2, 0) is 16.6 Å². The van der Waals surface area contributed by atoms with Crippen LogP contribution in [0.15, 0.2) is 12.1 Å². The smallest absolute Gasteiger partial charge is 0.212 e. The molecular formula is C9H16N2O2S2. The molecule has 1 heterocycles. The highest BCUT2D eigenvalue weighted by Crippen LogP contribution is 2.14. The lowest BCUT2D eigenvalue weighted by molar-refractivity contribution is 0.583. The molecule has 4 nitrogen and oxygen atoms in total. The fourth-order valence-corrected chi connectivity index (χ4v) is 2.58. The van der Waals surface area contributed by atoms with Crippen LogP contribution in [0.4, 0.5) is 0 Å². The van der Waals surface area contributed by atoms with E-state index in [9.17, 15) is 8.42 Å².